The summed E-state index contributed by atoms with van der Waals surface area (Å²) in [7, 11) is -2.94. The van der Waals surface area contributed by atoms with Gasteiger partial charge in [-0.15, -0.1) is 0 Å². The average molecular weight is 310 g/mol. The molecular formula is C16H26N2O2S. The van der Waals surface area contributed by atoms with Crippen molar-refractivity contribution in [2.45, 2.75) is 49.8 Å². The van der Waals surface area contributed by atoms with E-state index in [0.29, 0.717) is 5.92 Å². The van der Waals surface area contributed by atoms with E-state index >= 15 is 0 Å². The van der Waals surface area contributed by atoms with Gasteiger partial charge < -0.3 is 0 Å². The largest absolute Gasteiger partial charge is 0.271 e. The minimum absolute atomic E-state index is 0.190. The summed E-state index contributed by atoms with van der Waals surface area (Å²) in [6, 6.07) is 10.5. The van der Waals surface area contributed by atoms with E-state index < -0.39 is 9.84 Å². The van der Waals surface area contributed by atoms with E-state index in [-0.39, 0.29) is 11.3 Å². The minimum Gasteiger partial charge on any atom is -0.271 e. The maximum absolute atomic E-state index is 11.8. The van der Waals surface area contributed by atoms with Crippen molar-refractivity contribution in [3.05, 3.63) is 35.9 Å². The van der Waals surface area contributed by atoms with E-state index in [1.165, 1.54) is 11.8 Å². The van der Waals surface area contributed by atoms with Crippen LogP contribution in [0.5, 0.6) is 0 Å². The number of rotatable bonds is 6. The third kappa shape index (κ3) is 4.80. The van der Waals surface area contributed by atoms with Gasteiger partial charge in [0.2, 0.25) is 0 Å². The minimum atomic E-state index is -2.94. The Kier molecular flexibility index (Phi) is 5.79. The van der Waals surface area contributed by atoms with Crippen molar-refractivity contribution in [3.8, 4) is 0 Å². The molecule has 0 bridgehead atoms. The van der Waals surface area contributed by atoms with Crippen molar-refractivity contribution in [3.63, 3.8) is 0 Å². The second-order valence-corrected chi connectivity index (χ2v) is 8.50. The molecule has 0 spiro atoms. The van der Waals surface area contributed by atoms with Gasteiger partial charge in [0.05, 0.1) is 5.25 Å². The Morgan fingerprint density at radius 1 is 1.29 bits per heavy atom. The van der Waals surface area contributed by atoms with Crippen LogP contribution in [0.2, 0.25) is 0 Å². The van der Waals surface area contributed by atoms with Gasteiger partial charge in [-0.3, -0.25) is 11.3 Å². The van der Waals surface area contributed by atoms with E-state index in [9.17, 15) is 8.42 Å². The molecule has 2 rings (SSSR count). The Morgan fingerprint density at radius 2 is 2.00 bits per heavy atom. The van der Waals surface area contributed by atoms with Gasteiger partial charge >= 0.3 is 0 Å². The Balaban J connectivity index is 1.94. The second-order valence-electron chi connectivity index (χ2n) is 6.18. The lowest BCUT2D eigenvalue weighted by atomic mass is 9.82. The van der Waals surface area contributed by atoms with Crippen molar-refractivity contribution in [1.29, 1.82) is 0 Å². The lowest BCUT2D eigenvalue weighted by molar-refractivity contribution is 0.261. The maximum atomic E-state index is 11.8. The fourth-order valence-electron chi connectivity index (χ4n) is 3.36. The molecule has 1 fully saturated rings. The molecule has 0 heterocycles. The van der Waals surface area contributed by atoms with Crippen LogP contribution < -0.4 is 11.3 Å². The molecule has 0 radical (unpaired) electrons. The Morgan fingerprint density at radius 3 is 2.62 bits per heavy atom. The first-order chi connectivity index (χ1) is 10.0. The number of hydrazine groups is 1. The second kappa shape index (κ2) is 7.38. The molecule has 1 saturated carbocycles. The molecule has 0 aliphatic heterocycles. The molecule has 1 aliphatic rings. The molecule has 0 saturated heterocycles. The first kappa shape index (κ1) is 16.5. The third-order valence-corrected chi connectivity index (χ3v) is 6.28. The number of sulfone groups is 1. The van der Waals surface area contributed by atoms with Gasteiger partial charge in [0, 0.05) is 12.3 Å². The Bertz CT molecular complexity index is 530. The molecule has 3 N–H and O–H groups in total. The normalized spacial score (nSPS) is 24.7. The predicted molar refractivity (Wildman–Crippen MR) is 86.5 cm³/mol. The predicted octanol–water partition coefficient (Wildman–Crippen LogP) is 2.05. The number of nitrogens with two attached hydrogens (primary N) is 1. The molecule has 0 amide bonds. The zero-order chi connectivity index (χ0) is 15.3. The van der Waals surface area contributed by atoms with Crippen molar-refractivity contribution in [2.24, 2.45) is 11.8 Å². The average Bonchev–Trinajstić information content (AvgIpc) is 2.48. The molecule has 21 heavy (non-hydrogen) atoms. The maximum Gasteiger partial charge on any atom is 0.150 e. The van der Waals surface area contributed by atoms with Gasteiger partial charge in [-0.1, -0.05) is 36.8 Å². The van der Waals surface area contributed by atoms with Crippen molar-refractivity contribution in [2.75, 3.05) is 6.26 Å². The topological polar surface area (TPSA) is 72.2 Å². The van der Waals surface area contributed by atoms with Crippen LogP contribution in [-0.2, 0) is 16.3 Å². The van der Waals surface area contributed by atoms with Crippen molar-refractivity contribution < 1.29 is 8.42 Å². The molecule has 3 atom stereocenters. The highest BCUT2D eigenvalue weighted by molar-refractivity contribution is 7.91. The van der Waals surface area contributed by atoms with E-state index in [0.717, 1.165) is 38.5 Å². The summed E-state index contributed by atoms with van der Waals surface area (Å²) in [6.07, 6.45) is 6.85. The van der Waals surface area contributed by atoms with Crippen LogP contribution in [0.4, 0.5) is 0 Å². The van der Waals surface area contributed by atoms with Gasteiger partial charge in [-0.05, 0) is 43.6 Å². The molecule has 3 unspecified atom stereocenters. The Labute approximate surface area is 128 Å². The van der Waals surface area contributed by atoms with Crippen LogP contribution in [-0.4, -0.2) is 26.0 Å². The highest BCUT2D eigenvalue weighted by Crippen LogP contribution is 2.31. The van der Waals surface area contributed by atoms with Crippen LogP contribution in [0.15, 0.2) is 30.3 Å². The smallest absolute Gasteiger partial charge is 0.150 e. The third-order valence-electron chi connectivity index (χ3n) is 4.64. The van der Waals surface area contributed by atoms with Crippen LogP contribution in [0.1, 0.15) is 37.7 Å². The first-order valence-electron chi connectivity index (χ1n) is 7.69. The number of hydrogen-bond donors (Lipinski definition) is 2. The Hall–Kier alpha value is -0.910. The van der Waals surface area contributed by atoms with Crippen LogP contribution in [0.25, 0.3) is 0 Å². The van der Waals surface area contributed by atoms with Gasteiger partial charge in [-0.25, -0.2) is 8.42 Å². The molecule has 5 heteroatoms. The quantitative estimate of drug-likeness (QED) is 0.623. The van der Waals surface area contributed by atoms with E-state index in [2.05, 4.69) is 17.6 Å². The monoisotopic (exact) mass is 310 g/mol. The lowest BCUT2D eigenvalue weighted by Crippen LogP contribution is -2.44. The molecule has 118 valence electrons. The van der Waals surface area contributed by atoms with Crippen LogP contribution in [0.3, 0.4) is 0 Å². The molecular weight excluding hydrogens is 284 g/mol. The van der Waals surface area contributed by atoms with Crippen molar-refractivity contribution in [1.82, 2.24) is 5.43 Å². The first-order valence-corrected chi connectivity index (χ1v) is 9.65. The molecule has 1 aromatic rings. The summed E-state index contributed by atoms with van der Waals surface area (Å²) in [5, 5.41) is -0.191. The molecule has 4 nitrogen and oxygen atoms in total. The summed E-state index contributed by atoms with van der Waals surface area (Å²) >= 11 is 0. The summed E-state index contributed by atoms with van der Waals surface area (Å²) in [5.74, 6) is 6.08. The van der Waals surface area contributed by atoms with E-state index in [1.54, 1.807) is 0 Å². The SMILES string of the molecule is CS(=O)(=O)C1CCCC(C(CCc2ccccc2)NN)C1. The highest BCUT2D eigenvalue weighted by Gasteiger charge is 2.32. The summed E-state index contributed by atoms with van der Waals surface area (Å²) in [6.45, 7) is 0. The number of nitrogens with one attached hydrogen (secondary N) is 1. The van der Waals surface area contributed by atoms with Gasteiger partial charge in [0.1, 0.15) is 9.84 Å². The molecule has 0 aromatic heterocycles. The summed E-state index contributed by atoms with van der Waals surface area (Å²) < 4.78 is 23.5. The fourth-order valence-corrected chi connectivity index (χ4v) is 4.55. The van der Waals surface area contributed by atoms with Gasteiger partial charge in [-0.2, -0.15) is 0 Å². The van der Waals surface area contributed by atoms with E-state index in [1.807, 2.05) is 18.2 Å². The standard InChI is InChI=1S/C16H26N2O2S/c1-21(19,20)15-9-5-8-14(12-15)16(18-17)11-10-13-6-3-2-4-7-13/h2-4,6-7,14-16,18H,5,8-12,17H2,1H3. The van der Waals surface area contributed by atoms with Gasteiger partial charge in [0.15, 0.2) is 0 Å². The zero-order valence-corrected chi connectivity index (χ0v) is 13.5. The van der Waals surface area contributed by atoms with Crippen LogP contribution >= 0.6 is 0 Å². The fraction of sp³-hybridized carbons (Fsp3) is 0.625. The summed E-state index contributed by atoms with van der Waals surface area (Å²) in [5.41, 5.74) is 4.22. The zero-order valence-electron chi connectivity index (χ0n) is 12.7. The lowest BCUT2D eigenvalue weighted by Gasteiger charge is -2.33. The van der Waals surface area contributed by atoms with Crippen molar-refractivity contribution >= 4 is 9.84 Å². The number of aryl methyl sites for hydroxylation is 1. The van der Waals surface area contributed by atoms with Crippen LogP contribution in [0, 0.1) is 5.92 Å². The number of hydrogen-bond acceptors (Lipinski definition) is 4. The molecule has 1 aromatic carbocycles. The highest BCUT2D eigenvalue weighted by atomic mass is 32.2. The number of benzene rings is 1. The van der Waals surface area contributed by atoms with E-state index in [4.69, 9.17) is 5.84 Å². The van der Waals surface area contributed by atoms with Gasteiger partial charge in [0.25, 0.3) is 0 Å². The molecule has 1 aliphatic carbocycles. The summed E-state index contributed by atoms with van der Waals surface area (Å²) in [4.78, 5) is 0.